The molecule has 35 heavy (non-hydrogen) atoms. The van der Waals surface area contributed by atoms with E-state index >= 15 is 0 Å². The molecule has 3 aromatic rings. The van der Waals surface area contributed by atoms with E-state index in [-0.39, 0.29) is 38.6 Å². The lowest BCUT2D eigenvalue weighted by Gasteiger charge is -2.26. The van der Waals surface area contributed by atoms with Gasteiger partial charge in [-0.15, -0.1) is 0 Å². The maximum absolute atomic E-state index is 13.3. The minimum atomic E-state index is -0.994. The summed E-state index contributed by atoms with van der Waals surface area (Å²) in [5, 5.41) is 21.6. The van der Waals surface area contributed by atoms with Crippen LogP contribution in [0, 0.1) is 0 Å². The van der Waals surface area contributed by atoms with E-state index in [0.717, 1.165) is 5.56 Å². The van der Waals surface area contributed by atoms with Crippen LogP contribution < -0.4 is 9.64 Å². The molecule has 8 heteroatoms. The van der Waals surface area contributed by atoms with Crippen molar-refractivity contribution in [3.63, 3.8) is 0 Å². The van der Waals surface area contributed by atoms with Crippen LogP contribution in [0.1, 0.15) is 42.5 Å². The molecule has 1 aliphatic rings. The molecule has 180 valence electrons. The van der Waals surface area contributed by atoms with Crippen molar-refractivity contribution in [1.29, 1.82) is 0 Å². The van der Waals surface area contributed by atoms with E-state index < -0.39 is 23.5 Å². The summed E-state index contributed by atoms with van der Waals surface area (Å²) in [6.45, 7) is 4.11. The van der Waals surface area contributed by atoms with Gasteiger partial charge in [-0.2, -0.15) is 0 Å². The van der Waals surface area contributed by atoms with Gasteiger partial charge in [0.1, 0.15) is 11.5 Å². The molecule has 3 aromatic carbocycles. The number of anilines is 1. The van der Waals surface area contributed by atoms with Gasteiger partial charge in [0.05, 0.1) is 28.8 Å². The van der Waals surface area contributed by atoms with E-state index in [4.69, 9.17) is 27.9 Å². The van der Waals surface area contributed by atoms with E-state index in [1.54, 1.807) is 24.3 Å². The van der Waals surface area contributed by atoms with Crippen LogP contribution in [0.25, 0.3) is 5.76 Å². The number of halogens is 2. The summed E-state index contributed by atoms with van der Waals surface area (Å²) in [5.74, 6) is -1.65. The minimum absolute atomic E-state index is 0.0428. The summed E-state index contributed by atoms with van der Waals surface area (Å²) < 4.78 is 5.16. The molecule has 6 nitrogen and oxygen atoms in total. The Balaban J connectivity index is 1.94. The molecular formula is C27H23Cl2NO5. The van der Waals surface area contributed by atoms with Crippen molar-refractivity contribution in [2.45, 2.75) is 25.8 Å². The third kappa shape index (κ3) is 4.47. The quantitative estimate of drug-likeness (QED) is 0.233. The third-order valence-electron chi connectivity index (χ3n) is 5.94. The van der Waals surface area contributed by atoms with Crippen molar-refractivity contribution < 1.29 is 24.5 Å². The molecule has 1 amide bonds. The molecule has 1 heterocycles. The second-order valence-electron chi connectivity index (χ2n) is 8.48. The van der Waals surface area contributed by atoms with Crippen molar-refractivity contribution in [3.05, 3.63) is 93.0 Å². The van der Waals surface area contributed by atoms with Crippen molar-refractivity contribution in [2.75, 3.05) is 12.0 Å². The van der Waals surface area contributed by atoms with E-state index in [1.807, 2.05) is 12.1 Å². The molecule has 1 unspecified atom stereocenters. The Morgan fingerprint density at radius 1 is 1.00 bits per heavy atom. The number of carbonyl (C=O) groups is 2. The summed E-state index contributed by atoms with van der Waals surface area (Å²) in [4.78, 5) is 27.9. The largest absolute Gasteiger partial charge is 0.508 e. The lowest BCUT2D eigenvalue weighted by atomic mass is 9.94. The fraction of sp³-hybridized carbons (Fsp3) is 0.185. The number of ether oxygens (including phenoxy) is 1. The number of hydrogen-bond donors (Lipinski definition) is 2. The second-order valence-corrected chi connectivity index (χ2v) is 9.30. The highest BCUT2D eigenvalue weighted by molar-refractivity contribution is 6.51. The number of amides is 1. The number of phenols is 1. The van der Waals surface area contributed by atoms with Crippen LogP contribution in [0.2, 0.25) is 10.0 Å². The maximum Gasteiger partial charge on any atom is 0.300 e. The molecular weight excluding hydrogens is 489 g/mol. The standard InChI is InChI=1S/C27H23Cl2NO5/c1-14(2)15-7-9-18(10-8-15)30-23(16-5-4-6-19(31)11-16)22(25(33)27(30)34)24(32)17-12-20(28)26(35-3)21(29)13-17/h4-14,23,31-32H,1-3H3/b24-22+. The molecule has 1 fully saturated rings. The zero-order chi connectivity index (χ0) is 25.4. The SMILES string of the molecule is COc1c(Cl)cc(/C(O)=C2\C(=O)C(=O)N(c3ccc(C(C)C)cc3)C2c2cccc(O)c2)cc1Cl. The van der Waals surface area contributed by atoms with E-state index in [2.05, 4.69) is 13.8 Å². The number of methoxy groups -OCH3 is 1. The Hall–Kier alpha value is -3.48. The number of aliphatic hydroxyl groups excluding tert-OH is 1. The number of Topliss-reactive ketones (excluding diaryl/α,β-unsaturated/α-hetero) is 1. The Kier molecular flexibility index (Phi) is 6.79. The lowest BCUT2D eigenvalue weighted by molar-refractivity contribution is -0.132. The monoisotopic (exact) mass is 511 g/mol. The van der Waals surface area contributed by atoms with Crippen LogP contribution in [-0.4, -0.2) is 29.0 Å². The number of phenolic OH excluding ortho intramolecular Hbond substituents is 1. The minimum Gasteiger partial charge on any atom is -0.508 e. The van der Waals surface area contributed by atoms with Crippen LogP contribution in [-0.2, 0) is 9.59 Å². The van der Waals surface area contributed by atoms with Gasteiger partial charge in [-0.25, -0.2) is 0 Å². The number of benzene rings is 3. The van der Waals surface area contributed by atoms with Gasteiger partial charge in [-0.05, 0) is 53.4 Å². The molecule has 0 aliphatic carbocycles. The Morgan fingerprint density at radius 2 is 1.63 bits per heavy atom. The average Bonchev–Trinajstić information content (AvgIpc) is 3.09. The first kappa shape index (κ1) is 24.6. The molecule has 2 N–H and O–H groups in total. The maximum atomic E-state index is 13.3. The number of rotatable bonds is 5. The summed E-state index contributed by atoms with van der Waals surface area (Å²) in [6.07, 6.45) is 0. The molecule has 0 spiro atoms. The lowest BCUT2D eigenvalue weighted by Crippen LogP contribution is -2.29. The number of nitrogens with zero attached hydrogens (tertiary/aromatic N) is 1. The smallest absolute Gasteiger partial charge is 0.300 e. The number of carbonyl (C=O) groups excluding carboxylic acids is 2. The van der Waals surface area contributed by atoms with Gasteiger partial charge in [0.2, 0.25) is 0 Å². The van der Waals surface area contributed by atoms with E-state index in [9.17, 15) is 19.8 Å². The zero-order valence-electron chi connectivity index (χ0n) is 19.3. The highest BCUT2D eigenvalue weighted by Gasteiger charge is 2.47. The fourth-order valence-electron chi connectivity index (χ4n) is 4.18. The molecule has 0 saturated carbocycles. The zero-order valence-corrected chi connectivity index (χ0v) is 20.8. The second kappa shape index (κ2) is 9.64. The summed E-state index contributed by atoms with van der Waals surface area (Å²) in [6, 6.07) is 15.3. The Bertz CT molecular complexity index is 1320. The Morgan fingerprint density at radius 3 is 2.17 bits per heavy atom. The molecule has 0 bridgehead atoms. The summed E-state index contributed by atoms with van der Waals surface area (Å²) in [5.41, 5.74) is 2.01. The molecule has 4 rings (SSSR count). The molecule has 0 radical (unpaired) electrons. The first-order valence-electron chi connectivity index (χ1n) is 10.9. The highest BCUT2D eigenvalue weighted by Crippen LogP contribution is 2.44. The topological polar surface area (TPSA) is 87.1 Å². The number of aliphatic hydroxyl groups is 1. The van der Waals surface area contributed by atoms with Crippen LogP contribution >= 0.6 is 23.2 Å². The molecule has 1 aliphatic heterocycles. The van der Waals surface area contributed by atoms with Gasteiger partial charge in [0.25, 0.3) is 11.7 Å². The highest BCUT2D eigenvalue weighted by atomic mass is 35.5. The third-order valence-corrected chi connectivity index (χ3v) is 6.51. The molecule has 1 saturated heterocycles. The van der Waals surface area contributed by atoms with Gasteiger partial charge >= 0.3 is 0 Å². The van der Waals surface area contributed by atoms with Gasteiger partial charge in [-0.3, -0.25) is 14.5 Å². The van der Waals surface area contributed by atoms with E-state index in [0.29, 0.717) is 11.3 Å². The van der Waals surface area contributed by atoms with Crippen molar-refractivity contribution >= 4 is 46.3 Å². The van der Waals surface area contributed by atoms with Crippen LogP contribution in [0.4, 0.5) is 5.69 Å². The van der Waals surface area contributed by atoms with Crippen LogP contribution in [0.15, 0.2) is 66.2 Å². The van der Waals surface area contributed by atoms with Crippen LogP contribution in [0.5, 0.6) is 11.5 Å². The number of ketones is 1. The van der Waals surface area contributed by atoms with Crippen molar-refractivity contribution in [3.8, 4) is 11.5 Å². The van der Waals surface area contributed by atoms with Gasteiger partial charge in [0.15, 0.2) is 5.75 Å². The summed E-state index contributed by atoms with van der Waals surface area (Å²) in [7, 11) is 1.41. The normalized spacial score (nSPS) is 17.3. The Labute approximate surface area is 213 Å². The number of aromatic hydroxyl groups is 1. The van der Waals surface area contributed by atoms with Gasteiger partial charge < -0.3 is 14.9 Å². The van der Waals surface area contributed by atoms with Crippen molar-refractivity contribution in [1.82, 2.24) is 0 Å². The molecule has 1 atom stereocenters. The van der Waals surface area contributed by atoms with Crippen molar-refractivity contribution in [2.24, 2.45) is 0 Å². The van der Waals surface area contributed by atoms with Gasteiger partial charge in [0, 0.05) is 11.3 Å². The number of hydrogen-bond acceptors (Lipinski definition) is 5. The predicted octanol–water partition coefficient (Wildman–Crippen LogP) is 6.46. The first-order valence-corrected chi connectivity index (χ1v) is 11.6. The first-order chi connectivity index (χ1) is 16.6. The summed E-state index contributed by atoms with van der Waals surface area (Å²) >= 11 is 12.5. The molecule has 0 aromatic heterocycles. The van der Waals surface area contributed by atoms with E-state index in [1.165, 1.54) is 36.3 Å². The van der Waals surface area contributed by atoms with Gasteiger partial charge in [-0.1, -0.05) is 61.3 Å². The predicted molar refractivity (Wildman–Crippen MR) is 136 cm³/mol. The fourth-order valence-corrected chi connectivity index (χ4v) is 4.82. The average molecular weight is 512 g/mol. The van der Waals surface area contributed by atoms with Crippen LogP contribution in [0.3, 0.4) is 0 Å².